The van der Waals surface area contributed by atoms with E-state index in [-0.39, 0.29) is 27.5 Å². The maximum absolute atomic E-state index is 12.5. The summed E-state index contributed by atoms with van der Waals surface area (Å²) in [4.78, 5) is 27.5. The minimum absolute atomic E-state index is 0.219. The van der Waals surface area contributed by atoms with E-state index in [1.54, 1.807) is 6.08 Å². The van der Waals surface area contributed by atoms with Crippen LogP contribution in [0.1, 0.15) is 4.88 Å². The lowest BCUT2D eigenvalue weighted by atomic mass is 10.3. The third-order valence-corrected chi connectivity index (χ3v) is 6.51. The van der Waals surface area contributed by atoms with Gasteiger partial charge < -0.3 is 5.32 Å². The van der Waals surface area contributed by atoms with Crippen LogP contribution in [-0.2, 0) is 9.59 Å². The number of thiocarbonyl (C=S) groups is 1. The predicted octanol–water partition coefficient (Wildman–Crippen LogP) is 5.55. The molecule has 2 amide bonds. The lowest BCUT2D eigenvalue weighted by Crippen LogP contribution is -2.36. The Labute approximate surface area is 178 Å². The first kappa shape index (κ1) is 19.7. The van der Waals surface area contributed by atoms with Gasteiger partial charge in [-0.25, -0.2) is 0 Å². The number of carbonyl (C=O) groups excluding carboxylic acids is 2. The van der Waals surface area contributed by atoms with Crippen molar-refractivity contribution in [1.82, 2.24) is 4.90 Å². The summed E-state index contributed by atoms with van der Waals surface area (Å²) in [5.41, 5.74) is 0.311. The Kier molecular flexibility index (Phi) is 6.27. The highest BCUT2D eigenvalue weighted by molar-refractivity contribution is 8.26. The number of nitrogens with one attached hydrogen (secondary N) is 1. The van der Waals surface area contributed by atoms with Gasteiger partial charge >= 0.3 is 0 Å². The summed E-state index contributed by atoms with van der Waals surface area (Å²) in [6, 6.07) is 6.68. The lowest BCUT2D eigenvalue weighted by molar-refractivity contribution is -0.126. The number of thiophene rings is 1. The maximum atomic E-state index is 12.5. The summed E-state index contributed by atoms with van der Waals surface area (Å²) < 4.78 is 0.327. The Bertz CT molecular complexity index is 929. The van der Waals surface area contributed by atoms with Crippen molar-refractivity contribution in [2.24, 2.45) is 0 Å². The molecule has 2 aromatic rings. The molecule has 2 heterocycles. The van der Waals surface area contributed by atoms with Crippen LogP contribution >= 0.6 is 70.1 Å². The molecule has 10 heteroatoms. The first-order valence-corrected chi connectivity index (χ1v) is 10.3. The Balaban J connectivity index is 1.70. The van der Waals surface area contributed by atoms with E-state index < -0.39 is 5.91 Å². The monoisotopic (exact) mass is 462 g/mol. The number of nitrogens with zero attached hydrogens (tertiary/aromatic N) is 1. The smallest absolute Gasteiger partial charge is 0.266 e. The Morgan fingerprint density at radius 2 is 1.96 bits per heavy atom. The number of anilines is 1. The van der Waals surface area contributed by atoms with E-state index in [1.807, 2.05) is 17.5 Å². The van der Waals surface area contributed by atoms with Crippen molar-refractivity contribution in [3.05, 3.63) is 54.5 Å². The Morgan fingerprint density at radius 1 is 1.23 bits per heavy atom. The molecule has 0 bridgehead atoms. The number of hydrogen-bond acceptors (Lipinski definition) is 5. The zero-order chi connectivity index (χ0) is 18.8. The molecule has 0 spiro atoms. The molecule has 0 radical (unpaired) electrons. The number of thioether (sulfide) groups is 1. The highest BCUT2D eigenvalue weighted by atomic mass is 35.5. The van der Waals surface area contributed by atoms with Crippen LogP contribution in [0.15, 0.2) is 34.6 Å². The number of carbonyl (C=O) groups is 2. The second kappa shape index (κ2) is 8.29. The number of benzene rings is 1. The van der Waals surface area contributed by atoms with Crippen LogP contribution in [0, 0.1) is 0 Å². The summed E-state index contributed by atoms with van der Waals surface area (Å²) in [5.74, 6) is -0.747. The average Bonchev–Trinajstić information content (AvgIpc) is 3.17. The van der Waals surface area contributed by atoms with Gasteiger partial charge in [-0.2, -0.15) is 0 Å². The van der Waals surface area contributed by atoms with Gasteiger partial charge in [0, 0.05) is 4.88 Å². The van der Waals surface area contributed by atoms with Gasteiger partial charge in [0.1, 0.15) is 10.9 Å². The van der Waals surface area contributed by atoms with Gasteiger partial charge in [-0.1, -0.05) is 64.8 Å². The SMILES string of the molecule is O=C(CN1C(=O)/C(=C\c2cccs2)SC1=S)Nc1cc(Cl)c(Cl)cc1Cl. The second-order valence-electron chi connectivity index (χ2n) is 5.08. The van der Waals surface area contributed by atoms with Crippen molar-refractivity contribution >= 4 is 98.0 Å². The molecule has 0 unspecified atom stereocenters. The van der Waals surface area contributed by atoms with Crippen molar-refractivity contribution in [3.8, 4) is 0 Å². The molecule has 1 fully saturated rings. The van der Waals surface area contributed by atoms with Crippen molar-refractivity contribution in [3.63, 3.8) is 0 Å². The molecule has 134 valence electrons. The van der Waals surface area contributed by atoms with Crippen LogP contribution < -0.4 is 5.32 Å². The molecule has 1 saturated heterocycles. The molecule has 0 saturated carbocycles. The quantitative estimate of drug-likeness (QED) is 0.367. The van der Waals surface area contributed by atoms with Crippen molar-refractivity contribution in [2.45, 2.75) is 0 Å². The van der Waals surface area contributed by atoms with E-state index in [9.17, 15) is 9.59 Å². The zero-order valence-electron chi connectivity index (χ0n) is 12.8. The molecule has 1 aliphatic heterocycles. The number of halogens is 3. The van der Waals surface area contributed by atoms with Gasteiger partial charge in [-0.15, -0.1) is 11.3 Å². The number of rotatable bonds is 4. The summed E-state index contributed by atoms with van der Waals surface area (Å²) in [7, 11) is 0. The Morgan fingerprint density at radius 3 is 2.65 bits per heavy atom. The average molecular weight is 464 g/mol. The van der Waals surface area contributed by atoms with Crippen LogP contribution in [0.5, 0.6) is 0 Å². The largest absolute Gasteiger partial charge is 0.323 e. The summed E-state index contributed by atoms with van der Waals surface area (Å²) in [6.45, 7) is -0.219. The third-order valence-electron chi connectivity index (χ3n) is 3.28. The van der Waals surface area contributed by atoms with Gasteiger partial charge in [0.05, 0.1) is 25.7 Å². The predicted molar refractivity (Wildman–Crippen MR) is 114 cm³/mol. The van der Waals surface area contributed by atoms with Gasteiger partial charge in [-0.05, 0) is 29.7 Å². The summed E-state index contributed by atoms with van der Waals surface area (Å²) >= 11 is 25.7. The molecule has 1 aromatic carbocycles. The highest BCUT2D eigenvalue weighted by Gasteiger charge is 2.33. The molecule has 3 rings (SSSR count). The van der Waals surface area contributed by atoms with Crippen LogP contribution in [-0.4, -0.2) is 27.6 Å². The lowest BCUT2D eigenvalue weighted by Gasteiger charge is -2.15. The van der Waals surface area contributed by atoms with E-state index in [2.05, 4.69) is 5.32 Å². The molecular weight excluding hydrogens is 455 g/mol. The van der Waals surface area contributed by atoms with Crippen LogP contribution in [0.4, 0.5) is 5.69 Å². The van der Waals surface area contributed by atoms with Crippen molar-refractivity contribution in [1.29, 1.82) is 0 Å². The van der Waals surface area contributed by atoms with Crippen LogP contribution in [0.25, 0.3) is 6.08 Å². The maximum Gasteiger partial charge on any atom is 0.266 e. The fraction of sp³-hybridized carbons (Fsp3) is 0.0625. The van der Waals surface area contributed by atoms with Gasteiger partial charge in [0.25, 0.3) is 5.91 Å². The van der Waals surface area contributed by atoms with E-state index in [4.69, 9.17) is 47.0 Å². The van der Waals surface area contributed by atoms with E-state index in [0.717, 1.165) is 4.88 Å². The van der Waals surface area contributed by atoms with Crippen LogP contribution in [0.2, 0.25) is 15.1 Å². The Hall–Kier alpha value is -1.09. The van der Waals surface area contributed by atoms with Gasteiger partial charge in [0.15, 0.2) is 0 Å². The van der Waals surface area contributed by atoms with Crippen molar-refractivity contribution in [2.75, 3.05) is 11.9 Å². The first-order valence-electron chi connectivity index (χ1n) is 7.08. The molecule has 1 aromatic heterocycles. The minimum Gasteiger partial charge on any atom is -0.323 e. The first-order chi connectivity index (χ1) is 12.3. The molecular formula is C16H9Cl3N2O2S3. The van der Waals surface area contributed by atoms with Gasteiger partial charge in [0.2, 0.25) is 5.91 Å². The standard InChI is InChI=1S/C16H9Cl3N2O2S3/c17-9-5-11(19)12(6-10(9)18)20-14(22)7-21-15(23)13(26-16(21)24)4-8-2-1-3-25-8/h1-6H,7H2,(H,20,22)/b13-4+. The molecule has 1 N–H and O–H groups in total. The topological polar surface area (TPSA) is 49.4 Å². The summed E-state index contributed by atoms with van der Waals surface area (Å²) in [5, 5.41) is 5.32. The second-order valence-corrected chi connectivity index (χ2v) is 8.95. The molecule has 0 atom stereocenters. The van der Waals surface area contributed by atoms with E-state index in [0.29, 0.717) is 14.9 Å². The summed E-state index contributed by atoms with van der Waals surface area (Å²) in [6.07, 6.45) is 1.76. The normalized spacial score (nSPS) is 15.8. The molecule has 0 aliphatic carbocycles. The minimum atomic E-state index is -0.445. The van der Waals surface area contributed by atoms with Crippen LogP contribution in [0.3, 0.4) is 0 Å². The highest BCUT2D eigenvalue weighted by Crippen LogP contribution is 2.34. The van der Waals surface area contributed by atoms with E-state index in [1.165, 1.54) is 40.1 Å². The molecule has 1 aliphatic rings. The fourth-order valence-corrected chi connectivity index (χ4v) is 4.66. The number of amides is 2. The van der Waals surface area contributed by atoms with Gasteiger partial charge in [-0.3, -0.25) is 14.5 Å². The third kappa shape index (κ3) is 4.42. The zero-order valence-corrected chi connectivity index (χ0v) is 17.5. The molecule has 26 heavy (non-hydrogen) atoms. The van der Waals surface area contributed by atoms with Crippen molar-refractivity contribution < 1.29 is 9.59 Å². The number of hydrogen-bond donors (Lipinski definition) is 1. The molecule has 4 nitrogen and oxygen atoms in total. The fourth-order valence-electron chi connectivity index (χ4n) is 2.09. The van der Waals surface area contributed by atoms with E-state index >= 15 is 0 Å².